The summed E-state index contributed by atoms with van der Waals surface area (Å²) >= 11 is 0. The number of amides is 1. The molecule has 8 heteroatoms. The van der Waals surface area contributed by atoms with E-state index in [9.17, 15) is 14.9 Å². The van der Waals surface area contributed by atoms with Crippen LogP contribution < -0.4 is 5.32 Å². The Labute approximate surface area is 160 Å². The van der Waals surface area contributed by atoms with Crippen LogP contribution in [-0.4, -0.2) is 36.7 Å². The molecular formula is C19H30N2O6. The molecule has 8 nitrogen and oxygen atoms in total. The molecule has 152 valence electrons. The lowest BCUT2D eigenvalue weighted by molar-refractivity contribution is -0.418. The standard InChI is InChI=1S/C19H30N2O6/c1-7-16(17(25-6)14-15(3)21(23)24)26-13-9-10-18(22)20-12-11-19(4,5)27-8-2/h7-8,14H,2-3,9-13H2,1,4-6H3,(H,20,22)/b16-7+,17-14+. The lowest BCUT2D eigenvalue weighted by atomic mass is 10.1. The predicted octanol–water partition coefficient (Wildman–Crippen LogP) is 3.45. The van der Waals surface area contributed by atoms with Crippen molar-refractivity contribution < 1.29 is 23.9 Å². The predicted molar refractivity (Wildman–Crippen MR) is 103 cm³/mol. The Morgan fingerprint density at radius 1 is 1.33 bits per heavy atom. The Balaban J connectivity index is 4.30. The normalized spacial score (nSPS) is 12.1. The molecule has 0 aliphatic rings. The molecule has 1 amide bonds. The third kappa shape index (κ3) is 10.7. The summed E-state index contributed by atoms with van der Waals surface area (Å²) in [5, 5.41) is 13.5. The maximum absolute atomic E-state index is 11.8. The second kappa shape index (κ2) is 12.6. The Kier molecular flexibility index (Phi) is 11.3. The molecule has 0 aromatic rings. The lowest BCUT2D eigenvalue weighted by Gasteiger charge is -2.24. The van der Waals surface area contributed by atoms with Crippen LogP contribution in [0.25, 0.3) is 0 Å². The Morgan fingerprint density at radius 2 is 2.00 bits per heavy atom. The maximum atomic E-state index is 11.8. The number of rotatable bonds is 14. The zero-order valence-corrected chi connectivity index (χ0v) is 16.6. The van der Waals surface area contributed by atoms with Gasteiger partial charge in [-0.3, -0.25) is 14.9 Å². The van der Waals surface area contributed by atoms with Crippen molar-refractivity contribution in [3.8, 4) is 0 Å². The largest absolute Gasteiger partial charge is 0.496 e. The van der Waals surface area contributed by atoms with E-state index in [-0.39, 0.29) is 29.6 Å². The Bertz CT molecular complexity index is 593. The van der Waals surface area contributed by atoms with Crippen LogP contribution in [0.2, 0.25) is 0 Å². The van der Waals surface area contributed by atoms with E-state index in [1.807, 2.05) is 13.8 Å². The van der Waals surface area contributed by atoms with E-state index >= 15 is 0 Å². The third-order valence-corrected chi connectivity index (χ3v) is 3.51. The van der Waals surface area contributed by atoms with Crippen molar-refractivity contribution in [2.45, 2.75) is 45.6 Å². The van der Waals surface area contributed by atoms with Gasteiger partial charge in [-0.1, -0.05) is 6.58 Å². The Morgan fingerprint density at radius 3 is 2.52 bits per heavy atom. The van der Waals surface area contributed by atoms with Crippen molar-refractivity contribution in [1.29, 1.82) is 0 Å². The van der Waals surface area contributed by atoms with Gasteiger partial charge in [-0.15, -0.1) is 0 Å². The molecule has 0 rings (SSSR count). The van der Waals surface area contributed by atoms with Crippen LogP contribution in [0.1, 0.15) is 40.0 Å². The zero-order chi connectivity index (χ0) is 20.9. The summed E-state index contributed by atoms with van der Waals surface area (Å²) in [5.41, 5.74) is -0.687. The average molecular weight is 382 g/mol. The molecular weight excluding hydrogens is 352 g/mol. The Hall–Kier alpha value is -2.77. The molecule has 0 radical (unpaired) electrons. The second-order valence-electron chi connectivity index (χ2n) is 6.21. The highest BCUT2D eigenvalue weighted by Crippen LogP contribution is 2.16. The van der Waals surface area contributed by atoms with Crippen LogP contribution in [0.15, 0.2) is 48.8 Å². The first-order valence-corrected chi connectivity index (χ1v) is 8.60. The van der Waals surface area contributed by atoms with Crippen LogP contribution in [0, 0.1) is 10.1 Å². The number of nitrogens with one attached hydrogen (secondary N) is 1. The molecule has 0 bridgehead atoms. The smallest absolute Gasteiger partial charge is 0.266 e. The van der Waals surface area contributed by atoms with Gasteiger partial charge in [0.05, 0.1) is 31.0 Å². The number of hydrogen-bond donors (Lipinski definition) is 1. The summed E-state index contributed by atoms with van der Waals surface area (Å²) in [6.07, 6.45) is 5.66. The molecule has 0 spiro atoms. The number of methoxy groups -OCH3 is 1. The van der Waals surface area contributed by atoms with E-state index in [4.69, 9.17) is 14.2 Å². The van der Waals surface area contributed by atoms with Crippen LogP contribution in [-0.2, 0) is 19.0 Å². The fourth-order valence-electron chi connectivity index (χ4n) is 2.02. The van der Waals surface area contributed by atoms with Gasteiger partial charge in [0.25, 0.3) is 5.70 Å². The van der Waals surface area contributed by atoms with Gasteiger partial charge in [-0.25, -0.2) is 0 Å². The minimum Gasteiger partial charge on any atom is -0.496 e. The monoisotopic (exact) mass is 382 g/mol. The summed E-state index contributed by atoms with van der Waals surface area (Å²) < 4.78 is 16.0. The molecule has 0 saturated heterocycles. The van der Waals surface area contributed by atoms with Crippen LogP contribution in [0.3, 0.4) is 0 Å². The first-order chi connectivity index (χ1) is 12.7. The van der Waals surface area contributed by atoms with Gasteiger partial charge in [-0.05, 0) is 39.8 Å². The van der Waals surface area contributed by atoms with E-state index in [1.165, 1.54) is 19.4 Å². The van der Waals surface area contributed by atoms with Gasteiger partial charge in [0, 0.05) is 19.4 Å². The zero-order valence-electron chi connectivity index (χ0n) is 16.6. The maximum Gasteiger partial charge on any atom is 0.266 e. The summed E-state index contributed by atoms with van der Waals surface area (Å²) in [5.74, 6) is 0.469. The van der Waals surface area contributed by atoms with Crippen molar-refractivity contribution in [2.24, 2.45) is 0 Å². The van der Waals surface area contributed by atoms with Gasteiger partial charge in [-0.2, -0.15) is 0 Å². The number of carbonyl (C=O) groups is 1. The molecule has 27 heavy (non-hydrogen) atoms. The molecule has 0 aliphatic carbocycles. The molecule has 0 heterocycles. The number of carbonyl (C=O) groups excluding carboxylic acids is 1. The van der Waals surface area contributed by atoms with Crippen molar-refractivity contribution >= 4 is 5.91 Å². The second-order valence-corrected chi connectivity index (χ2v) is 6.21. The topological polar surface area (TPSA) is 99.9 Å². The van der Waals surface area contributed by atoms with E-state index in [0.29, 0.717) is 31.6 Å². The van der Waals surface area contributed by atoms with Gasteiger partial charge in [0.1, 0.15) is 5.60 Å². The number of hydrogen-bond acceptors (Lipinski definition) is 6. The highest BCUT2D eigenvalue weighted by Gasteiger charge is 2.17. The first kappa shape index (κ1) is 24.2. The van der Waals surface area contributed by atoms with Gasteiger partial charge < -0.3 is 19.5 Å². The van der Waals surface area contributed by atoms with Crippen LogP contribution in [0.5, 0.6) is 0 Å². The highest BCUT2D eigenvalue weighted by molar-refractivity contribution is 5.75. The van der Waals surface area contributed by atoms with Gasteiger partial charge in [0.15, 0.2) is 11.5 Å². The van der Waals surface area contributed by atoms with Gasteiger partial charge >= 0.3 is 0 Å². The molecule has 0 unspecified atom stereocenters. The van der Waals surface area contributed by atoms with Crippen LogP contribution >= 0.6 is 0 Å². The number of nitro groups is 1. The van der Waals surface area contributed by atoms with Gasteiger partial charge in [0.2, 0.25) is 5.91 Å². The minimum atomic E-state index is -0.613. The SMILES string of the molecule is C=COC(C)(C)CCNC(=O)CCCOC(=C/C)/C(=C\C(=C)[N+](=O)[O-])OC. The molecule has 0 aliphatic heterocycles. The molecule has 0 atom stereocenters. The molecule has 0 aromatic carbocycles. The fraction of sp³-hybridized carbons (Fsp3) is 0.526. The average Bonchev–Trinajstić information content (AvgIpc) is 2.59. The number of ether oxygens (including phenoxy) is 3. The number of allylic oxidation sites excluding steroid dienone is 2. The lowest BCUT2D eigenvalue weighted by Crippen LogP contribution is -2.31. The molecule has 0 aromatic heterocycles. The van der Waals surface area contributed by atoms with Crippen molar-refractivity contribution in [1.82, 2.24) is 5.32 Å². The minimum absolute atomic E-state index is 0.0840. The molecule has 0 fully saturated rings. The summed E-state index contributed by atoms with van der Waals surface area (Å²) in [4.78, 5) is 21.9. The van der Waals surface area contributed by atoms with E-state index in [0.717, 1.165) is 0 Å². The molecule has 1 N–H and O–H groups in total. The fourth-order valence-corrected chi connectivity index (χ4v) is 2.02. The van der Waals surface area contributed by atoms with Crippen molar-refractivity contribution in [3.05, 3.63) is 58.9 Å². The first-order valence-electron chi connectivity index (χ1n) is 8.60. The highest BCUT2D eigenvalue weighted by atomic mass is 16.6. The summed E-state index contributed by atoms with van der Waals surface area (Å²) in [6, 6.07) is 0. The van der Waals surface area contributed by atoms with Crippen molar-refractivity contribution in [3.63, 3.8) is 0 Å². The molecule has 0 saturated carbocycles. The van der Waals surface area contributed by atoms with E-state index in [2.05, 4.69) is 18.5 Å². The van der Waals surface area contributed by atoms with Crippen molar-refractivity contribution in [2.75, 3.05) is 20.3 Å². The van der Waals surface area contributed by atoms with E-state index in [1.54, 1.807) is 13.0 Å². The van der Waals surface area contributed by atoms with Crippen LogP contribution in [0.4, 0.5) is 0 Å². The summed E-state index contributed by atoms with van der Waals surface area (Å²) in [7, 11) is 1.39. The van der Waals surface area contributed by atoms with E-state index < -0.39 is 4.92 Å². The summed E-state index contributed by atoms with van der Waals surface area (Å²) in [6.45, 7) is 13.2. The third-order valence-electron chi connectivity index (χ3n) is 3.51. The quantitative estimate of drug-likeness (QED) is 0.162. The number of nitrogens with zero attached hydrogens (tertiary/aromatic N) is 1.